The lowest BCUT2D eigenvalue weighted by Crippen LogP contribution is -1.93. The summed E-state index contributed by atoms with van der Waals surface area (Å²) >= 11 is 1.79. The number of pyridine rings is 1. The molecule has 0 fully saturated rings. The van der Waals surface area contributed by atoms with Crippen LogP contribution in [-0.4, -0.2) is 4.98 Å². The van der Waals surface area contributed by atoms with Crippen LogP contribution in [0.2, 0.25) is 0 Å². The molecule has 0 bridgehead atoms. The summed E-state index contributed by atoms with van der Waals surface area (Å²) in [6.07, 6.45) is 3.14. The molecule has 2 rings (SSSR count). The monoisotopic (exact) mass is 191 g/mol. The molecule has 2 heteroatoms. The third kappa shape index (κ3) is 1.59. The van der Waals surface area contributed by atoms with Gasteiger partial charge in [0.15, 0.2) is 0 Å². The van der Waals surface area contributed by atoms with Crippen LogP contribution in [0.25, 0.3) is 10.1 Å². The van der Waals surface area contributed by atoms with Gasteiger partial charge in [0, 0.05) is 22.0 Å². The zero-order valence-corrected chi connectivity index (χ0v) is 8.77. The fraction of sp³-hybridized carbons (Fsp3) is 0.364. The minimum Gasteiger partial charge on any atom is -0.260 e. The lowest BCUT2D eigenvalue weighted by Gasteiger charge is -2.06. The molecule has 0 saturated heterocycles. The zero-order valence-electron chi connectivity index (χ0n) is 7.95. The molecule has 1 nitrogen and oxygen atoms in total. The van der Waals surface area contributed by atoms with Crippen molar-refractivity contribution in [3.63, 3.8) is 0 Å². The topological polar surface area (TPSA) is 12.9 Å². The molecule has 0 saturated carbocycles. The van der Waals surface area contributed by atoms with Crippen LogP contribution >= 0.6 is 11.3 Å². The Labute approximate surface area is 82.4 Å². The maximum Gasteiger partial charge on any atom is 0.0446 e. The van der Waals surface area contributed by atoms with Gasteiger partial charge < -0.3 is 0 Å². The van der Waals surface area contributed by atoms with Gasteiger partial charge in [-0.05, 0) is 29.9 Å². The summed E-state index contributed by atoms with van der Waals surface area (Å²) in [5.41, 5.74) is 1.22. The van der Waals surface area contributed by atoms with E-state index < -0.39 is 0 Å². The summed E-state index contributed by atoms with van der Waals surface area (Å²) in [5.74, 6) is 0.575. The molecule has 0 aliphatic carbocycles. The van der Waals surface area contributed by atoms with E-state index in [2.05, 4.69) is 36.3 Å². The van der Waals surface area contributed by atoms with E-state index in [0.717, 1.165) is 6.42 Å². The highest BCUT2D eigenvalue weighted by atomic mass is 32.1. The predicted octanol–water partition coefficient (Wildman–Crippen LogP) is 3.81. The maximum absolute atomic E-state index is 4.46. The van der Waals surface area contributed by atoms with E-state index in [-0.39, 0.29) is 0 Å². The van der Waals surface area contributed by atoms with Crippen LogP contribution in [0, 0.1) is 0 Å². The third-order valence-electron chi connectivity index (χ3n) is 2.48. The quantitative estimate of drug-likeness (QED) is 0.703. The highest BCUT2D eigenvalue weighted by Crippen LogP contribution is 2.24. The first-order valence-electron chi connectivity index (χ1n) is 4.64. The average molecular weight is 191 g/mol. The summed E-state index contributed by atoms with van der Waals surface area (Å²) < 4.78 is 1.35. The molecule has 68 valence electrons. The van der Waals surface area contributed by atoms with Gasteiger partial charge in [-0.25, -0.2) is 0 Å². The fourth-order valence-electron chi connectivity index (χ4n) is 1.35. The number of aromatic nitrogens is 1. The van der Waals surface area contributed by atoms with E-state index in [1.807, 2.05) is 6.20 Å². The van der Waals surface area contributed by atoms with Gasteiger partial charge in [-0.15, -0.1) is 11.3 Å². The molecule has 0 aliphatic rings. The lowest BCUT2D eigenvalue weighted by atomic mass is 10.0. The van der Waals surface area contributed by atoms with Gasteiger partial charge in [0.1, 0.15) is 0 Å². The Balaban J connectivity index is 2.48. The highest BCUT2D eigenvalue weighted by molar-refractivity contribution is 7.17. The lowest BCUT2D eigenvalue weighted by molar-refractivity contribution is 0.710. The molecular formula is C11H13NS. The molecule has 1 unspecified atom stereocenters. The Kier molecular flexibility index (Phi) is 2.32. The van der Waals surface area contributed by atoms with Crippen LogP contribution in [0.4, 0.5) is 0 Å². The number of hydrogen-bond donors (Lipinski definition) is 0. The molecule has 1 atom stereocenters. The van der Waals surface area contributed by atoms with Crippen LogP contribution in [0.1, 0.15) is 31.9 Å². The minimum atomic E-state index is 0.575. The minimum absolute atomic E-state index is 0.575. The normalized spacial score (nSPS) is 13.4. The molecule has 0 aliphatic heterocycles. The first kappa shape index (κ1) is 8.70. The van der Waals surface area contributed by atoms with Crippen molar-refractivity contribution in [3.8, 4) is 0 Å². The Morgan fingerprint density at radius 3 is 3.15 bits per heavy atom. The van der Waals surface area contributed by atoms with Crippen molar-refractivity contribution >= 4 is 21.4 Å². The number of hydrogen-bond acceptors (Lipinski definition) is 2. The van der Waals surface area contributed by atoms with Crippen molar-refractivity contribution < 1.29 is 0 Å². The zero-order chi connectivity index (χ0) is 9.26. The van der Waals surface area contributed by atoms with Crippen molar-refractivity contribution in [2.24, 2.45) is 0 Å². The second-order valence-corrected chi connectivity index (χ2v) is 4.32. The van der Waals surface area contributed by atoms with E-state index in [0.29, 0.717) is 5.92 Å². The van der Waals surface area contributed by atoms with Crippen LogP contribution in [0.15, 0.2) is 23.7 Å². The Hall–Kier alpha value is -0.890. The van der Waals surface area contributed by atoms with Crippen molar-refractivity contribution in [1.82, 2.24) is 4.98 Å². The Bertz CT molecular complexity index is 405. The van der Waals surface area contributed by atoms with Crippen molar-refractivity contribution in [1.29, 1.82) is 0 Å². The molecule has 0 amide bonds. The molecule has 13 heavy (non-hydrogen) atoms. The summed E-state index contributed by atoms with van der Waals surface area (Å²) in [6, 6.07) is 4.33. The van der Waals surface area contributed by atoms with Gasteiger partial charge in [0.25, 0.3) is 0 Å². The van der Waals surface area contributed by atoms with Crippen molar-refractivity contribution in [2.75, 3.05) is 0 Å². The van der Waals surface area contributed by atoms with Crippen molar-refractivity contribution in [2.45, 2.75) is 26.2 Å². The van der Waals surface area contributed by atoms with E-state index >= 15 is 0 Å². The molecule has 2 aromatic rings. The predicted molar refractivity (Wildman–Crippen MR) is 58.3 cm³/mol. The van der Waals surface area contributed by atoms with Gasteiger partial charge in [-0.1, -0.05) is 13.8 Å². The van der Waals surface area contributed by atoms with Crippen molar-refractivity contribution in [3.05, 3.63) is 29.4 Å². The van der Waals surface area contributed by atoms with Crippen LogP contribution in [-0.2, 0) is 0 Å². The smallest absolute Gasteiger partial charge is 0.0446 e. The molecule has 0 N–H and O–H groups in total. The van der Waals surface area contributed by atoms with Crippen LogP contribution in [0.5, 0.6) is 0 Å². The first-order valence-corrected chi connectivity index (χ1v) is 5.52. The fourth-order valence-corrected chi connectivity index (χ4v) is 2.16. The first-order chi connectivity index (χ1) is 6.31. The Morgan fingerprint density at radius 1 is 1.54 bits per heavy atom. The van der Waals surface area contributed by atoms with Gasteiger partial charge in [-0.3, -0.25) is 4.98 Å². The van der Waals surface area contributed by atoms with E-state index in [1.54, 1.807) is 11.3 Å². The molecule has 2 aromatic heterocycles. The molecular weight excluding hydrogens is 178 g/mol. The maximum atomic E-state index is 4.46. The Morgan fingerprint density at radius 2 is 2.38 bits per heavy atom. The second kappa shape index (κ2) is 3.46. The van der Waals surface area contributed by atoms with E-state index in [4.69, 9.17) is 0 Å². The van der Waals surface area contributed by atoms with E-state index in [1.165, 1.54) is 15.8 Å². The van der Waals surface area contributed by atoms with Gasteiger partial charge in [0.2, 0.25) is 0 Å². The standard InChI is InChI=1S/C11H13NS/c1-3-8(2)10-6-11-9(7-12-10)4-5-13-11/h4-8H,3H2,1-2H3. The number of thiophene rings is 1. The van der Waals surface area contributed by atoms with Gasteiger partial charge in [-0.2, -0.15) is 0 Å². The SMILES string of the molecule is CCC(C)c1cc2sccc2cn1. The molecule has 0 radical (unpaired) electrons. The number of nitrogens with zero attached hydrogens (tertiary/aromatic N) is 1. The van der Waals surface area contributed by atoms with Crippen LogP contribution < -0.4 is 0 Å². The summed E-state index contributed by atoms with van der Waals surface area (Å²) in [4.78, 5) is 4.46. The molecule has 0 aromatic carbocycles. The van der Waals surface area contributed by atoms with Gasteiger partial charge >= 0.3 is 0 Å². The highest BCUT2D eigenvalue weighted by Gasteiger charge is 2.05. The number of rotatable bonds is 2. The van der Waals surface area contributed by atoms with Crippen LogP contribution in [0.3, 0.4) is 0 Å². The average Bonchev–Trinajstić information content (AvgIpc) is 2.63. The summed E-state index contributed by atoms with van der Waals surface area (Å²) in [5, 5.41) is 3.38. The molecule has 0 spiro atoms. The summed E-state index contributed by atoms with van der Waals surface area (Å²) in [7, 11) is 0. The van der Waals surface area contributed by atoms with E-state index in [9.17, 15) is 0 Å². The largest absolute Gasteiger partial charge is 0.260 e. The molecule has 2 heterocycles. The summed E-state index contributed by atoms with van der Waals surface area (Å²) in [6.45, 7) is 4.42. The van der Waals surface area contributed by atoms with Gasteiger partial charge in [0.05, 0.1) is 0 Å². The second-order valence-electron chi connectivity index (χ2n) is 3.38. The number of fused-ring (bicyclic) bond motifs is 1. The third-order valence-corrected chi connectivity index (χ3v) is 3.36.